The summed E-state index contributed by atoms with van der Waals surface area (Å²) in [7, 11) is 1.30. The standard InChI is InChI=1S/C24H27ClN4O4/c1-24(2,3)33-23(31)27-18(14-15-8-6-5-7-9-15)21-28-19(20(25)29-21)16-10-12-17(13-11-16)26-22(30)32-4/h5-13,18H,14H2,1-4H3,(H,26,30)(H,27,31)(H,28,29)/t18-/m0/s1. The number of nitrogens with zero attached hydrogens (tertiary/aromatic N) is 1. The molecular formula is C24H27ClN4O4. The van der Waals surface area contributed by atoms with Gasteiger partial charge in [-0.15, -0.1) is 0 Å². The molecule has 1 heterocycles. The van der Waals surface area contributed by atoms with Crippen LogP contribution in [0.15, 0.2) is 54.6 Å². The summed E-state index contributed by atoms with van der Waals surface area (Å²) in [6.45, 7) is 5.41. The van der Waals surface area contributed by atoms with E-state index in [-0.39, 0.29) is 0 Å². The number of aromatic amines is 1. The molecule has 0 fully saturated rings. The molecule has 0 radical (unpaired) electrons. The first-order chi connectivity index (χ1) is 15.6. The molecule has 0 bridgehead atoms. The van der Waals surface area contributed by atoms with Crippen LogP contribution in [0.2, 0.25) is 5.15 Å². The van der Waals surface area contributed by atoms with Gasteiger partial charge in [-0.1, -0.05) is 54.1 Å². The third-order valence-electron chi connectivity index (χ3n) is 4.57. The number of ether oxygens (including phenoxy) is 2. The lowest BCUT2D eigenvalue weighted by atomic mass is 10.1. The summed E-state index contributed by atoms with van der Waals surface area (Å²) in [6.07, 6.45) is -0.610. The first-order valence-electron chi connectivity index (χ1n) is 10.4. The zero-order valence-corrected chi connectivity index (χ0v) is 19.7. The minimum absolute atomic E-state index is 0.336. The van der Waals surface area contributed by atoms with Crippen LogP contribution in [-0.4, -0.2) is 34.9 Å². The van der Waals surface area contributed by atoms with Crippen molar-refractivity contribution in [3.63, 3.8) is 0 Å². The van der Waals surface area contributed by atoms with E-state index in [1.165, 1.54) is 7.11 Å². The van der Waals surface area contributed by atoms with Gasteiger partial charge >= 0.3 is 12.2 Å². The Bertz CT molecular complexity index is 1090. The third-order valence-corrected chi connectivity index (χ3v) is 4.85. The van der Waals surface area contributed by atoms with Crippen LogP contribution in [-0.2, 0) is 15.9 Å². The number of hydrogen-bond donors (Lipinski definition) is 3. The van der Waals surface area contributed by atoms with E-state index in [4.69, 9.17) is 16.3 Å². The normalized spacial score (nSPS) is 12.0. The van der Waals surface area contributed by atoms with Crippen molar-refractivity contribution >= 4 is 29.5 Å². The maximum absolute atomic E-state index is 12.5. The van der Waals surface area contributed by atoms with Crippen LogP contribution in [0, 0.1) is 0 Å². The Labute approximate surface area is 197 Å². The number of rotatable bonds is 6. The second kappa shape index (κ2) is 10.4. The van der Waals surface area contributed by atoms with Gasteiger partial charge in [-0.25, -0.2) is 14.6 Å². The van der Waals surface area contributed by atoms with E-state index in [0.29, 0.717) is 28.8 Å². The lowest BCUT2D eigenvalue weighted by Gasteiger charge is -2.23. The number of anilines is 1. The number of carbonyl (C=O) groups is 2. The van der Waals surface area contributed by atoms with E-state index in [9.17, 15) is 9.59 Å². The van der Waals surface area contributed by atoms with Gasteiger partial charge in [0.05, 0.1) is 13.2 Å². The molecule has 0 aliphatic rings. The van der Waals surface area contributed by atoms with Crippen molar-refractivity contribution in [1.82, 2.24) is 15.3 Å². The van der Waals surface area contributed by atoms with Crippen LogP contribution in [0.5, 0.6) is 0 Å². The molecule has 0 spiro atoms. The SMILES string of the molecule is COC(=O)Nc1ccc(-c2nc([C@H](Cc3ccccc3)NC(=O)OC(C)(C)C)[nH]c2Cl)cc1. The Hall–Kier alpha value is -3.52. The predicted molar refractivity (Wildman–Crippen MR) is 127 cm³/mol. The number of H-pyrrole nitrogens is 1. The Kier molecular flexibility index (Phi) is 7.60. The lowest BCUT2D eigenvalue weighted by molar-refractivity contribution is 0.0501. The smallest absolute Gasteiger partial charge is 0.411 e. The highest BCUT2D eigenvalue weighted by atomic mass is 35.5. The topological polar surface area (TPSA) is 105 Å². The highest BCUT2D eigenvalue weighted by Crippen LogP contribution is 2.29. The summed E-state index contributed by atoms with van der Waals surface area (Å²) >= 11 is 6.46. The van der Waals surface area contributed by atoms with Crippen LogP contribution in [0.3, 0.4) is 0 Å². The first kappa shape index (κ1) is 24.1. The van der Waals surface area contributed by atoms with Gasteiger partial charge < -0.3 is 19.8 Å². The molecule has 33 heavy (non-hydrogen) atoms. The number of amides is 2. The van der Waals surface area contributed by atoms with Gasteiger partial charge in [0, 0.05) is 17.7 Å². The molecule has 3 N–H and O–H groups in total. The number of imidazole rings is 1. The van der Waals surface area contributed by atoms with Crippen LogP contribution < -0.4 is 10.6 Å². The molecule has 174 valence electrons. The first-order valence-corrected chi connectivity index (χ1v) is 10.8. The molecule has 1 aromatic heterocycles. The average Bonchev–Trinajstić information content (AvgIpc) is 3.15. The summed E-state index contributed by atoms with van der Waals surface area (Å²) in [5, 5.41) is 5.82. The van der Waals surface area contributed by atoms with E-state index >= 15 is 0 Å². The second-order valence-electron chi connectivity index (χ2n) is 8.37. The van der Waals surface area contributed by atoms with Gasteiger partial charge in [-0.3, -0.25) is 5.32 Å². The molecule has 9 heteroatoms. The van der Waals surface area contributed by atoms with Crippen LogP contribution in [0.1, 0.15) is 38.2 Å². The molecule has 2 amide bonds. The quantitative estimate of drug-likeness (QED) is 0.427. The fourth-order valence-corrected chi connectivity index (χ4v) is 3.37. The predicted octanol–water partition coefficient (Wildman–Crippen LogP) is 5.72. The van der Waals surface area contributed by atoms with E-state index in [1.807, 2.05) is 30.3 Å². The largest absolute Gasteiger partial charge is 0.453 e. The molecule has 3 aromatic rings. The van der Waals surface area contributed by atoms with Crippen molar-refractivity contribution in [3.8, 4) is 11.3 Å². The summed E-state index contributed by atoms with van der Waals surface area (Å²) in [6, 6.07) is 16.3. The Morgan fingerprint density at radius 2 is 1.73 bits per heavy atom. The summed E-state index contributed by atoms with van der Waals surface area (Å²) in [5.74, 6) is 0.501. The summed E-state index contributed by atoms with van der Waals surface area (Å²) < 4.78 is 10.0. The van der Waals surface area contributed by atoms with Gasteiger partial charge in [-0.2, -0.15) is 0 Å². The van der Waals surface area contributed by atoms with Gasteiger partial charge in [-0.05, 0) is 38.5 Å². The Morgan fingerprint density at radius 3 is 2.33 bits per heavy atom. The number of hydrogen-bond acceptors (Lipinski definition) is 5. The molecule has 0 saturated heterocycles. The monoisotopic (exact) mass is 470 g/mol. The fraction of sp³-hybridized carbons (Fsp3) is 0.292. The zero-order valence-electron chi connectivity index (χ0n) is 18.9. The van der Waals surface area contributed by atoms with E-state index in [0.717, 1.165) is 11.1 Å². The van der Waals surface area contributed by atoms with Gasteiger partial charge in [0.1, 0.15) is 22.3 Å². The maximum Gasteiger partial charge on any atom is 0.411 e. The van der Waals surface area contributed by atoms with Crippen LogP contribution >= 0.6 is 11.6 Å². The molecule has 1 atom stereocenters. The highest BCUT2D eigenvalue weighted by Gasteiger charge is 2.24. The number of methoxy groups -OCH3 is 1. The average molecular weight is 471 g/mol. The van der Waals surface area contributed by atoms with Gasteiger partial charge in [0.25, 0.3) is 0 Å². The number of nitrogens with one attached hydrogen (secondary N) is 3. The molecule has 0 aliphatic heterocycles. The van der Waals surface area contributed by atoms with Crippen molar-refractivity contribution in [2.75, 3.05) is 12.4 Å². The Morgan fingerprint density at radius 1 is 1.06 bits per heavy atom. The zero-order chi connectivity index (χ0) is 24.0. The molecule has 0 saturated carbocycles. The second-order valence-corrected chi connectivity index (χ2v) is 8.75. The van der Waals surface area contributed by atoms with E-state index in [1.54, 1.807) is 45.0 Å². The molecule has 3 rings (SSSR count). The van der Waals surface area contributed by atoms with E-state index < -0.39 is 23.8 Å². The molecular weight excluding hydrogens is 444 g/mol. The van der Waals surface area contributed by atoms with Crippen molar-refractivity contribution in [2.24, 2.45) is 0 Å². The van der Waals surface area contributed by atoms with Crippen molar-refractivity contribution in [1.29, 1.82) is 0 Å². The molecule has 2 aromatic carbocycles. The third kappa shape index (κ3) is 6.98. The van der Waals surface area contributed by atoms with Gasteiger partial charge in [0.2, 0.25) is 0 Å². The molecule has 0 aliphatic carbocycles. The van der Waals surface area contributed by atoms with Gasteiger partial charge in [0.15, 0.2) is 0 Å². The summed E-state index contributed by atoms with van der Waals surface area (Å²) in [4.78, 5) is 31.6. The lowest BCUT2D eigenvalue weighted by Crippen LogP contribution is -2.36. The molecule has 8 nitrogen and oxygen atoms in total. The highest BCUT2D eigenvalue weighted by molar-refractivity contribution is 6.31. The minimum atomic E-state index is -0.632. The minimum Gasteiger partial charge on any atom is -0.453 e. The summed E-state index contributed by atoms with van der Waals surface area (Å²) in [5.41, 5.74) is 2.23. The number of alkyl carbamates (subject to hydrolysis) is 1. The van der Waals surface area contributed by atoms with Crippen LogP contribution in [0.4, 0.5) is 15.3 Å². The number of benzene rings is 2. The number of carbonyl (C=O) groups excluding carboxylic acids is 2. The number of aromatic nitrogens is 2. The van der Waals surface area contributed by atoms with Crippen molar-refractivity contribution in [3.05, 3.63) is 71.1 Å². The molecule has 0 unspecified atom stereocenters. The number of halogens is 1. The van der Waals surface area contributed by atoms with Crippen molar-refractivity contribution < 1.29 is 19.1 Å². The van der Waals surface area contributed by atoms with Crippen molar-refractivity contribution in [2.45, 2.75) is 38.8 Å². The maximum atomic E-state index is 12.5. The fourth-order valence-electron chi connectivity index (χ4n) is 3.12. The van der Waals surface area contributed by atoms with E-state index in [2.05, 4.69) is 25.3 Å². The van der Waals surface area contributed by atoms with Crippen LogP contribution in [0.25, 0.3) is 11.3 Å². The Balaban J connectivity index is 1.86.